The Morgan fingerprint density at radius 3 is 2.73 bits per heavy atom. The van der Waals surface area contributed by atoms with E-state index in [4.69, 9.17) is 0 Å². The molecule has 9 heteroatoms. The number of benzene rings is 1. The maximum absolute atomic E-state index is 12.1. The number of carbonyl (C=O) groups is 1. The minimum atomic E-state index is -3.26. The van der Waals surface area contributed by atoms with E-state index in [2.05, 4.69) is 10.4 Å². The van der Waals surface area contributed by atoms with E-state index in [9.17, 15) is 18.3 Å². The van der Waals surface area contributed by atoms with Gasteiger partial charge in [-0.05, 0) is 18.1 Å². The lowest BCUT2D eigenvalue weighted by molar-refractivity contribution is -0.129. The highest BCUT2D eigenvalue weighted by atomic mass is 32.2. The summed E-state index contributed by atoms with van der Waals surface area (Å²) in [6, 6.07) is 10.5. The lowest BCUT2D eigenvalue weighted by atomic mass is 10.1. The summed E-state index contributed by atoms with van der Waals surface area (Å²) in [5, 5.41) is 17.2. The Labute approximate surface area is 152 Å². The number of aliphatic hydroxyl groups is 1. The van der Waals surface area contributed by atoms with Crippen LogP contribution in [0.3, 0.4) is 0 Å². The highest BCUT2D eigenvalue weighted by Gasteiger charge is 2.23. The fourth-order valence-electron chi connectivity index (χ4n) is 2.92. The summed E-state index contributed by atoms with van der Waals surface area (Å²) in [6.07, 6.45) is 0.642. The second kappa shape index (κ2) is 7.56. The second-order valence-corrected chi connectivity index (χ2v) is 8.31. The Morgan fingerprint density at radius 1 is 1.31 bits per heavy atom. The number of sulfonamides is 1. The van der Waals surface area contributed by atoms with Crippen molar-refractivity contribution in [2.45, 2.75) is 32.2 Å². The van der Waals surface area contributed by atoms with Crippen molar-refractivity contribution in [3.8, 4) is 0 Å². The van der Waals surface area contributed by atoms with E-state index in [1.807, 2.05) is 6.07 Å². The predicted molar refractivity (Wildman–Crippen MR) is 95.3 cm³/mol. The molecular formula is C17H22N4O4S. The van der Waals surface area contributed by atoms with Crippen molar-refractivity contribution in [1.29, 1.82) is 0 Å². The molecule has 26 heavy (non-hydrogen) atoms. The number of fused-ring (bicyclic) bond motifs is 1. The van der Waals surface area contributed by atoms with Gasteiger partial charge in [-0.1, -0.05) is 30.3 Å². The number of rotatable bonds is 5. The molecule has 0 aliphatic carbocycles. The molecule has 2 aromatic rings. The van der Waals surface area contributed by atoms with Gasteiger partial charge >= 0.3 is 0 Å². The van der Waals surface area contributed by atoms with Gasteiger partial charge in [-0.2, -0.15) is 9.40 Å². The van der Waals surface area contributed by atoms with Crippen LogP contribution in [0, 0.1) is 0 Å². The molecule has 0 fully saturated rings. The molecule has 1 aliphatic rings. The molecule has 1 aromatic heterocycles. The Bertz CT molecular complexity index is 879. The van der Waals surface area contributed by atoms with Crippen LogP contribution in [0.4, 0.5) is 0 Å². The average Bonchev–Trinajstić information content (AvgIpc) is 2.88. The van der Waals surface area contributed by atoms with Crippen LogP contribution in [0.1, 0.15) is 29.5 Å². The van der Waals surface area contributed by atoms with Crippen LogP contribution >= 0.6 is 0 Å². The minimum Gasteiger partial charge on any atom is -0.378 e. The van der Waals surface area contributed by atoms with Crippen LogP contribution in [-0.4, -0.2) is 46.3 Å². The highest BCUT2D eigenvalue weighted by molar-refractivity contribution is 7.88. The Kier molecular flexibility index (Phi) is 5.40. The third kappa shape index (κ3) is 4.29. The maximum atomic E-state index is 12.1. The fraction of sp³-hybridized carbons (Fsp3) is 0.412. The number of hydrogen-bond acceptors (Lipinski definition) is 5. The standard InChI is InChI=1S/C17H22N4O4S/c1-26(24,25)20-8-5-9-21-15(12-20)10-14(19-21)11-18-17(23)16(22)13-6-3-2-4-7-13/h2-4,6-7,10,16,22H,5,8-9,11-12H2,1H3,(H,18,23)/t16-/m1/s1. The van der Waals surface area contributed by atoms with Gasteiger partial charge in [0.05, 0.1) is 30.7 Å². The molecule has 2 N–H and O–H groups in total. The van der Waals surface area contributed by atoms with Crippen molar-refractivity contribution in [1.82, 2.24) is 19.4 Å². The van der Waals surface area contributed by atoms with E-state index in [0.29, 0.717) is 30.8 Å². The molecule has 140 valence electrons. The van der Waals surface area contributed by atoms with Crippen LogP contribution in [-0.2, 0) is 34.5 Å². The molecule has 0 bridgehead atoms. The summed E-state index contributed by atoms with van der Waals surface area (Å²) >= 11 is 0. The number of nitrogens with zero attached hydrogens (tertiary/aromatic N) is 3. The van der Waals surface area contributed by atoms with Crippen molar-refractivity contribution in [2.75, 3.05) is 12.8 Å². The van der Waals surface area contributed by atoms with Gasteiger partial charge in [0, 0.05) is 13.1 Å². The monoisotopic (exact) mass is 378 g/mol. The lowest BCUT2D eigenvalue weighted by Gasteiger charge is -2.16. The molecule has 0 saturated heterocycles. The van der Waals surface area contributed by atoms with Gasteiger partial charge in [0.1, 0.15) is 0 Å². The zero-order valence-corrected chi connectivity index (χ0v) is 15.3. The summed E-state index contributed by atoms with van der Waals surface area (Å²) in [6.45, 7) is 1.54. The van der Waals surface area contributed by atoms with Crippen LogP contribution < -0.4 is 5.32 Å². The van der Waals surface area contributed by atoms with E-state index in [0.717, 1.165) is 5.69 Å². The van der Waals surface area contributed by atoms with Gasteiger partial charge in [0.15, 0.2) is 6.10 Å². The van der Waals surface area contributed by atoms with Crippen LogP contribution in [0.25, 0.3) is 0 Å². The summed E-state index contributed by atoms with van der Waals surface area (Å²) in [7, 11) is -3.26. The molecule has 8 nitrogen and oxygen atoms in total. The van der Waals surface area contributed by atoms with Gasteiger partial charge in [0.25, 0.3) is 5.91 Å². The van der Waals surface area contributed by atoms with Gasteiger partial charge < -0.3 is 10.4 Å². The van der Waals surface area contributed by atoms with Gasteiger partial charge in [-0.15, -0.1) is 0 Å². The third-order valence-electron chi connectivity index (χ3n) is 4.31. The number of carbonyl (C=O) groups excluding carboxylic acids is 1. The number of aliphatic hydroxyl groups excluding tert-OH is 1. The molecule has 0 saturated carbocycles. The van der Waals surface area contributed by atoms with Crippen LogP contribution in [0.15, 0.2) is 36.4 Å². The fourth-order valence-corrected chi connectivity index (χ4v) is 3.75. The van der Waals surface area contributed by atoms with Crippen LogP contribution in [0.2, 0.25) is 0 Å². The second-order valence-electron chi connectivity index (χ2n) is 6.33. The van der Waals surface area contributed by atoms with Crippen molar-refractivity contribution in [2.24, 2.45) is 0 Å². The van der Waals surface area contributed by atoms with Crippen molar-refractivity contribution >= 4 is 15.9 Å². The van der Waals surface area contributed by atoms with Crippen molar-refractivity contribution in [3.63, 3.8) is 0 Å². The van der Waals surface area contributed by atoms with E-state index in [1.165, 1.54) is 10.6 Å². The normalized spacial score (nSPS) is 16.5. The molecule has 1 atom stereocenters. The Hall–Kier alpha value is -2.23. The van der Waals surface area contributed by atoms with E-state index in [-0.39, 0.29) is 13.1 Å². The molecule has 2 heterocycles. The first-order valence-corrected chi connectivity index (χ1v) is 10.2. The minimum absolute atomic E-state index is 0.168. The molecule has 1 amide bonds. The van der Waals surface area contributed by atoms with Crippen LogP contribution in [0.5, 0.6) is 0 Å². The van der Waals surface area contributed by atoms with Gasteiger partial charge in [-0.25, -0.2) is 8.42 Å². The average molecular weight is 378 g/mol. The predicted octanol–water partition coefficient (Wildman–Crippen LogP) is 0.398. The molecular weight excluding hydrogens is 356 g/mol. The lowest BCUT2D eigenvalue weighted by Crippen LogP contribution is -2.29. The van der Waals surface area contributed by atoms with E-state index >= 15 is 0 Å². The van der Waals surface area contributed by atoms with Gasteiger partial charge in [-0.3, -0.25) is 9.48 Å². The number of nitrogens with one attached hydrogen (secondary N) is 1. The maximum Gasteiger partial charge on any atom is 0.253 e. The molecule has 0 radical (unpaired) electrons. The highest BCUT2D eigenvalue weighted by Crippen LogP contribution is 2.17. The summed E-state index contributed by atoms with van der Waals surface area (Å²) in [4.78, 5) is 12.1. The number of amides is 1. The molecule has 1 aliphatic heterocycles. The molecule has 0 unspecified atom stereocenters. The third-order valence-corrected chi connectivity index (χ3v) is 5.56. The Balaban J connectivity index is 1.64. The van der Waals surface area contributed by atoms with Crippen molar-refractivity contribution in [3.05, 3.63) is 53.3 Å². The molecule has 3 rings (SSSR count). The number of aromatic nitrogens is 2. The quantitative estimate of drug-likeness (QED) is 0.784. The largest absolute Gasteiger partial charge is 0.378 e. The molecule has 0 spiro atoms. The first kappa shape index (κ1) is 18.6. The smallest absolute Gasteiger partial charge is 0.253 e. The summed E-state index contributed by atoms with van der Waals surface area (Å²) in [5.74, 6) is -0.503. The SMILES string of the molecule is CS(=O)(=O)N1CCCn2nc(CNC(=O)[C@H](O)c3ccccc3)cc2C1. The summed E-state index contributed by atoms with van der Waals surface area (Å²) < 4.78 is 26.8. The molecule has 1 aromatic carbocycles. The number of aryl methyl sites for hydroxylation is 1. The summed E-state index contributed by atoms with van der Waals surface area (Å²) in [5.41, 5.74) is 1.94. The Morgan fingerprint density at radius 2 is 2.04 bits per heavy atom. The zero-order chi connectivity index (χ0) is 18.7. The first-order chi connectivity index (χ1) is 12.3. The topological polar surface area (TPSA) is 105 Å². The number of hydrogen-bond donors (Lipinski definition) is 2. The van der Waals surface area contributed by atoms with Gasteiger partial charge in [0.2, 0.25) is 10.0 Å². The zero-order valence-electron chi connectivity index (χ0n) is 14.5. The van der Waals surface area contributed by atoms with E-state index in [1.54, 1.807) is 35.0 Å². The van der Waals surface area contributed by atoms with E-state index < -0.39 is 22.0 Å². The first-order valence-electron chi connectivity index (χ1n) is 8.36. The van der Waals surface area contributed by atoms with Crippen molar-refractivity contribution < 1.29 is 18.3 Å².